The Morgan fingerprint density at radius 3 is 2.14 bits per heavy atom. The van der Waals surface area contributed by atoms with Gasteiger partial charge >= 0.3 is 0 Å². The predicted molar refractivity (Wildman–Crippen MR) is 136 cm³/mol. The smallest absolute Gasteiger partial charge is 0.300 e. The molecule has 36 heavy (non-hydrogen) atoms. The van der Waals surface area contributed by atoms with E-state index in [4.69, 9.17) is 14.6 Å². The number of anilines is 1. The summed E-state index contributed by atoms with van der Waals surface area (Å²) in [5, 5.41) is 16.4. The van der Waals surface area contributed by atoms with Crippen LogP contribution in [0.1, 0.15) is 17.2 Å². The van der Waals surface area contributed by atoms with E-state index in [1.165, 1.54) is 43.4 Å². The lowest BCUT2D eigenvalue weighted by Crippen LogP contribution is -2.29. The van der Waals surface area contributed by atoms with E-state index in [9.17, 15) is 23.1 Å². The molecule has 0 spiro atoms. The van der Waals surface area contributed by atoms with Gasteiger partial charge in [-0.2, -0.15) is 0 Å². The van der Waals surface area contributed by atoms with E-state index in [-0.39, 0.29) is 21.9 Å². The fourth-order valence-electron chi connectivity index (χ4n) is 3.97. The van der Waals surface area contributed by atoms with Gasteiger partial charge in [-0.05, 0) is 76.1 Å². The number of aliphatic hydroxyl groups excluding tert-OH is 1. The monoisotopic (exact) mass is 572 g/mol. The minimum atomic E-state index is -3.96. The van der Waals surface area contributed by atoms with Gasteiger partial charge in [-0.3, -0.25) is 14.5 Å². The molecule has 1 heterocycles. The third-order valence-electron chi connectivity index (χ3n) is 5.74. The lowest BCUT2D eigenvalue weighted by Gasteiger charge is -2.25. The maximum atomic E-state index is 13.3. The number of nitrogens with zero attached hydrogens (tertiary/aromatic N) is 1. The minimum absolute atomic E-state index is 0.127. The van der Waals surface area contributed by atoms with E-state index in [0.29, 0.717) is 27.1 Å². The van der Waals surface area contributed by atoms with E-state index >= 15 is 0 Å². The second-order valence-corrected chi connectivity index (χ2v) is 10.2. The number of rotatable bonds is 6. The van der Waals surface area contributed by atoms with E-state index in [2.05, 4.69) is 15.9 Å². The molecule has 0 saturated carbocycles. The second kappa shape index (κ2) is 9.76. The van der Waals surface area contributed by atoms with Gasteiger partial charge in [-0.1, -0.05) is 12.1 Å². The molecule has 1 aliphatic heterocycles. The predicted octanol–water partition coefficient (Wildman–Crippen LogP) is 3.74. The molecule has 186 valence electrons. The maximum Gasteiger partial charge on any atom is 0.300 e. The summed E-state index contributed by atoms with van der Waals surface area (Å²) in [7, 11) is -0.954. The van der Waals surface area contributed by atoms with Crippen molar-refractivity contribution in [1.29, 1.82) is 0 Å². The van der Waals surface area contributed by atoms with Crippen molar-refractivity contribution in [3.05, 3.63) is 87.9 Å². The summed E-state index contributed by atoms with van der Waals surface area (Å²) in [6.07, 6.45) is 0. The number of amides is 1. The van der Waals surface area contributed by atoms with Crippen molar-refractivity contribution in [3.8, 4) is 11.5 Å². The Bertz CT molecular complexity index is 1480. The van der Waals surface area contributed by atoms with Crippen molar-refractivity contribution in [1.82, 2.24) is 0 Å². The largest absolute Gasteiger partial charge is 0.507 e. The number of Topliss-reactive ketones (excluding diaryl/α,β-unsaturated/α-hetero) is 1. The first kappa shape index (κ1) is 25.4. The first-order valence-electron chi connectivity index (χ1n) is 10.5. The number of aliphatic hydroxyl groups is 1. The molecule has 0 aliphatic carbocycles. The third kappa shape index (κ3) is 4.60. The van der Waals surface area contributed by atoms with Gasteiger partial charge < -0.3 is 14.6 Å². The Kier molecular flexibility index (Phi) is 6.90. The number of sulfonamides is 1. The first-order chi connectivity index (χ1) is 17.1. The van der Waals surface area contributed by atoms with Crippen LogP contribution < -0.4 is 19.5 Å². The summed E-state index contributed by atoms with van der Waals surface area (Å²) >= 11 is 3.36. The van der Waals surface area contributed by atoms with Crippen LogP contribution in [0, 0.1) is 0 Å². The topological polar surface area (TPSA) is 136 Å². The highest BCUT2D eigenvalue weighted by Crippen LogP contribution is 2.43. The molecule has 1 aliphatic rings. The lowest BCUT2D eigenvalue weighted by atomic mass is 9.95. The molecule has 0 aromatic heterocycles. The van der Waals surface area contributed by atoms with Gasteiger partial charge in [0, 0.05) is 11.3 Å². The Morgan fingerprint density at radius 2 is 1.61 bits per heavy atom. The van der Waals surface area contributed by atoms with Crippen LogP contribution in [0.2, 0.25) is 0 Å². The lowest BCUT2D eigenvalue weighted by molar-refractivity contribution is -0.132. The number of hydrogen-bond acceptors (Lipinski definition) is 7. The molecule has 1 fully saturated rings. The summed E-state index contributed by atoms with van der Waals surface area (Å²) in [6.45, 7) is 0. The highest BCUT2D eigenvalue weighted by atomic mass is 79.9. The summed E-state index contributed by atoms with van der Waals surface area (Å²) in [6, 6.07) is 15.7. The van der Waals surface area contributed by atoms with E-state index in [1.54, 1.807) is 42.5 Å². The zero-order valence-electron chi connectivity index (χ0n) is 19.1. The molecule has 0 radical (unpaired) electrons. The van der Waals surface area contributed by atoms with E-state index < -0.39 is 27.8 Å². The molecule has 9 nitrogen and oxygen atoms in total. The van der Waals surface area contributed by atoms with Crippen LogP contribution in [0.15, 0.2) is 81.7 Å². The van der Waals surface area contributed by atoms with Crippen LogP contribution in [0.25, 0.3) is 5.76 Å². The zero-order valence-corrected chi connectivity index (χ0v) is 21.5. The average Bonchev–Trinajstić information content (AvgIpc) is 3.13. The number of primary sulfonamides is 1. The fraction of sp³-hybridized carbons (Fsp3) is 0.120. The molecule has 3 N–H and O–H groups in total. The first-order valence-corrected chi connectivity index (χ1v) is 12.8. The normalized spacial score (nSPS) is 17.3. The van der Waals surface area contributed by atoms with Crippen molar-refractivity contribution in [3.63, 3.8) is 0 Å². The van der Waals surface area contributed by atoms with Crippen molar-refractivity contribution in [2.24, 2.45) is 5.14 Å². The molecule has 1 unspecified atom stereocenters. The number of ketones is 1. The van der Waals surface area contributed by atoms with Crippen molar-refractivity contribution in [2.75, 3.05) is 19.1 Å². The number of benzene rings is 3. The number of carbonyl (C=O) groups excluding carboxylic acids is 2. The van der Waals surface area contributed by atoms with Crippen LogP contribution >= 0.6 is 15.9 Å². The summed E-state index contributed by atoms with van der Waals surface area (Å²) in [4.78, 5) is 27.6. The van der Waals surface area contributed by atoms with Gasteiger partial charge in [-0.15, -0.1) is 0 Å². The highest BCUT2D eigenvalue weighted by Gasteiger charge is 2.47. The van der Waals surface area contributed by atoms with Crippen molar-refractivity contribution in [2.45, 2.75) is 10.9 Å². The number of nitrogens with two attached hydrogens (primary N) is 1. The number of hydrogen-bond donors (Lipinski definition) is 2. The molecular weight excluding hydrogens is 552 g/mol. The Labute approximate surface area is 215 Å². The number of ether oxygens (including phenoxy) is 2. The Balaban J connectivity index is 1.91. The molecule has 3 aromatic rings. The Hall–Kier alpha value is -3.67. The number of methoxy groups -OCH3 is 2. The van der Waals surface area contributed by atoms with Crippen molar-refractivity contribution >= 4 is 49.1 Å². The standard InChI is InChI=1S/C25H21BrN2O7S/c1-34-17-8-3-14(4-9-17)22-21(23(29)15-5-12-20(35-2)19(26)13-15)24(30)25(31)28(22)16-6-10-18(11-7-16)36(27,32)33/h3-13,22,29H,1-2H3,(H2,27,32,33)/b23-21+. The highest BCUT2D eigenvalue weighted by molar-refractivity contribution is 9.10. The molecule has 4 rings (SSSR count). The van der Waals surface area contributed by atoms with Gasteiger partial charge in [0.15, 0.2) is 0 Å². The minimum Gasteiger partial charge on any atom is -0.507 e. The SMILES string of the molecule is COc1ccc(C2/C(=C(\O)c3ccc(OC)c(Br)c3)C(=O)C(=O)N2c2ccc(S(N)(=O)=O)cc2)cc1. The van der Waals surface area contributed by atoms with Gasteiger partial charge in [0.1, 0.15) is 17.3 Å². The van der Waals surface area contributed by atoms with Crippen LogP contribution in [0.5, 0.6) is 11.5 Å². The van der Waals surface area contributed by atoms with Crippen LogP contribution in [0.4, 0.5) is 5.69 Å². The molecular formula is C25H21BrN2O7S. The van der Waals surface area contributed by atoms with Crippen LogP contribution in [0.3, 0.4) is 0 Å². The van der Waals surface area contributed by atoms with E-state index in [0.717, 1.165) is 0 Å². The maximum absolute atomic E-state index is 13.3. The summed E-state index contributed by atoms with van der Waals surface area (Å²) in [5.74, 6) is -1.06. The fourth-order valence-corrected chi connectivity index (χ4v) is 5.02. The molecule has 0 bridgehead atoms. The summed E-state index contributed by atoms with van der Waals surface area (Å²) in [5.41, 5.74) is 0.946. The van der Waals surface area contributed by atoms with Crippen LogP contribution in [-0.4, -0.2) is 39.4 Å². The third-order valence-corrected chi connectivity index (χ3v) is 7.29. The molecule has 1 amide bonds. The second-order valence-electron chi connectivity index (χ2n) is 7.83. The van der Waals surface area contributed by atoms with Gasteiger partial charge in [0.2, 0.25) is 10.0 Å². The zero-order chi connectivity index (χ0) is 26.2. The molecule has 11 heteroatoms. The average molecular weight is 573 g/mol. The van der Waals surface area contributed by atoms with Gasteiger partial charge in [0.25, 0.3) is 11.7 Å². The number of carbonyl (C=O) groups is 2. The van der Waals surface area contributed by atoms with Gasteiger partial charge in [0.05, 0.1) is 35.2 Å². The molecule has 3 aromatic carbocycles. The molecule has 1 atom stereocenters. The van der Waals surface area contributed by atoms with Gasteiger partial charge in [-0.25, -0.2) is 13.6 Å². The Morgan fingerprint density at radius 1 is 0.972 bits per heavy atom. The quantitative estimate of drug-likeness (QED) is 0.261. The van der Waals surface area contributed by atoms with E-state index in [1.807, 2.05) is 0 Å². The summed E-state index contributed by atoms with van der Waals surface area (Å²) < 4.78 is 34.3. The van der Waals surface area contributed by atoms with Crippen LogP contribution in [-0.2, 0) is 19.6 Å². The van der Waals surface area contributed by atoms with Crippen molar-refractivity contribution < 1.29 is 32.6 Å². The number of halogens is 1. The molecule has 1 saturated heterocycles.